The fraction of sp³-hybridized carbons (Fsp3) is 0.273. The highest BCUT2D eigenvalue weighted by Gasteiger charge is 2.35. The molecule has 0 spiro atoms. The van der Waals surface area contributed by atoms with Crippen molar-refractivity contribution in [3.8, 4) is 11.5 Å². The van der Waals surface area contributed by atoms with Gasteiger partial charge in [0.05, 0.1) is 35.0 Å². The molecule has 3 aliphatic heterocycles. The fourth-order valence-electron chi connectivity index (χ4n) is 6.05. The highest BCUT2D eigenvalue weighted by atomic mass is 32.1. The number of pyridine rings is 1. The van der Waals surface area contributed by atoms with Crippen molar-refractivity contribution in [2.45, 2.75) is 33.1 Å². The van der Waals surface area contributed by atoms with Gasteiger partial charge >= 0.3 is 6.03 Å². The molecule has 0 radical (unpaired) electrons. The Bertz CT molecular complexity index is 1830. The molecular formula is C33H31N5O5S. The summed E-state index contributed by atoms with van der Waals surface area (Å²) in [6.45, 7) is 5.45. The minimum absolute atomic E-state index is 0.0413. The van der Waals surface area contributed by atoms with E-state index in [1.54, 1.807) is 22.1 Å². The average Bonchev–Trinajstić information content (AvgIpc) is 3.69. The lowest BCUT2D eigenvalue weighted by molar-refractivity contribution is -0.133. The van der Waals surface area contributed by atoms with Crippen LogP contribution in [-0.4, -0.2) is 47.5 Å². The minimum atomic E-state index is -0.374. The summed E-state index contributed by atoms with van der Waals surface area (Å²) < 4.78 is 11.4. The summed E-state index contributed by atoms with van der Waals surface area (Å²) in [6.07, 6.45) is 3.76. The maximum atomic E-state index is 13.7. The van der Waals surface area contributed by atoms with Crippen LogP contribution in [-0.2, 0) is 9.53 Å². The average molecular weight is 610 g/mol. The van der Waals surface area contributed by atoms with Gasteiger partial charge in [-0.2, -0.15) is 0 Å². The van der Waals surface area contributed by atoms with E-state index in [0.29, 0.717) is 76.2 Å². The Balaban J connectivity index is 1.18. The summed E-state index contributed by atoms with van der Waals surface area (Å²) >= 11 is 1.23. The Morgan fingerprint density at radius 2 is 1.93 bits per heavy atom. The fourth-order valence-corrected chi connectivity index (χ4v) is 7.06. The molecule has 11 heteroatoms. The van der Waals surface area contributed by atoms with E-state index in [9.17, 15) is 14.4 Å². The smallest absolute Gasteiger partial charge is 0.331 e. The first-order chi connectivity index (χ1) is 21.4. The van der Waals surface area contributed by atoms with Crippen molar-refractivity contribution in [1.82, 2.24) is 15.2 Å². The van der Waals surface area contributed by atoms with Crippen molar-refractivity contribution >= 4 is 56.5 Å². The lowest BCUT2D eigenvalue weighted by Gasteiger charge is -2.32. The number of carbonyl (C=O) groups excluding carboxylic acids is 3. The predicted octanol–water partition coefficient (Wildman–Crippen LogP) is 6.70. The van der Waals surface area contributed by atoms with Gasteiger partial charge < -0.3 is 25.0 Å². The van der Waals surface area contributed by atoms with Gasteiger partial charge in [0.2, 0.25) is 5.91 Å². The largest absolute Gasteiger partial charge is 0.457 e. The first-order valence-electron chi connectivity index (χ1n) is 14.7. The number of para-hydroxylation sites is 1. The number of aryl methyl sites for hydroxylation is 1. The molecule has 10 nitrogen and oxygen atoms in total. The third-order valence-corrected chi connectivity index (χ3v) is 9.40. The molecule has 1 saturated heterocycles. The molecule has 0 bridgehead atoms. The molecule has 0 unspecified atom stereocenters. The molecule has 0 aliphatic carbocycles. The number of benzene rings is 2. The van der Waals surface area contributed by atoms with Crippen molar-refractivity contribution in [2.24, 2.45) is 5.92 Å². The maximum Gasteiger partial charge on any atom is 0.331 e. The summed E-state index contributed by atoms with van der Waals surface area (Å²) in [5.41, 5.74) is 4.09. The van der Waals surface area contributed by atoms with Gasteiger partial charge in [0.25, 0.3) is 5.91 Å². The van der Waals surface area contributed by atoms with Crippen LogP contribution in [0.2, 0.25) is 0 Å². The van der Waals surface area contributed by atoms with E-state index in [0.717, 1.165) is 23.4 Å². The van der Waals surface area contributed by atoms with Crippen molar-refractivity contribution in [1.29, 1.82) is 0 Å². The highest BCUT2D eigenvalue weighted by Crippen LogP contribution is 2.46. The molecule has 2 aromatic carbocycles. The van der Waals surface area contributed by atoms with Crippen molar-refractivity contribution in [3.63, 3.8) is 0 Å². The standard InChI is InChI=1S/C33H31N5O5S/c1-19-17-23(43-22-7-4-3-5-8-22)10-11-25(19)38-26-12-14-34-31-27(26)28(36-33(38)41)29(44-31)30(39)35-24-9-6-15-37(20(24)2)32(40)21-13-16-42-18-21/h3-5,7-8,10-12,14,17,21H,6,9,13,15-16,18H2,1-2H3,(H,35,39)(H,36,41)/t21-/m0/s1. The molecular weight excluding hydrogens is 578 g/mol. The van der Waals surface area contributed by atoms with E-state index < -0.39 is 0 Å². The Labute approximate surface area is 258 Å². The van der Waals surface area contributed by atoms with Gasteiger partial charge in [-0.15, -0.1) is 11.3 Å². The number of aromatic nitrogens is 1. The number of thiophene rings is 1. The maximum absolute atomic E-state index is 13.7. The number of urea groups is 1. The second-order valence-corrected chi connectivity index (χ2v) is 12.1. The number of hydrogen-bond acceptors (Lipinski definition) is 7. The minimum Gasteiger partial charge on any atom is -0.457 e. The van der Waals surface area contributed by atoms with Gasteiger partial charge in [-0.05, 0) is 75.1 Å². The van der Waals surface area contributed by atoms with Gasteiger partial charge in [0.15, 0.2) is 0 Å². The molecule has 1 fully saturated rings. The van der Waals surface area contributed by atoms with E-state index in [2.05, 4.69) is 15.6 Å². The SMILES string of the molecule is CC1=C(NC(=O)c2sc3nccc4c3c2NC(=O)N4c2ccc(Oc3ccccc3)cc2C)CCCN1C(=O)[C@H]1CCOC1. The molecule has 2 N–H and O–H groups in total. The van der Waals surface area contributed by atoms with E-state index in [4.69, 9.17) is 9.47 Å². The van der Waals surface area contributed by atoms with Crippen LogP contribution in [0, 0.1) is 12.8 Å². The Hall–Kier alpha value is -4.74. The molecule has 3 aliphatic rings. The zero-order chi connectivity index (χ0) is 30.4. The van der Waals surface area contributed by atoms with Gasteiger partial charge in [-0.1, -0.05) is 18.2 Å². The number of nitrogens with zero attached hydrogens (tertiary/aromatic N) is 3. The van der Waals surface area contributed by atoms with Crippen LogP contribution >= 0.6 is 11.3 Å². The first-order valence-corrected chi connectivity index (χ1v) is 15.5. The van der Waals surface area contributed by atoms with Crippen molar-refractivity contribution in [2.75, 3.05) is 30.0 Å². The second-order valence-electron chi connectivity index (χ2n) is 11.1. The molecule has 1 atom stereocenters. The lowest BCUT2D eigenvalue weighted by Crippen LogP contribution is -2.41. The number of ether oxygens (including phenoxy) is 2. The molecule has 5 heterocycles. The molecule has 4 amide bonds. The number of amides is 4. The summed E-state index contributed by atoms with van der Waals surface area (Å²) in [4.78, 5) is 49.4. The summed E-state index contributed by atoms with van der Waals surface area (Å²) in [6, 6.07) is 16.5. The first kappa shape index (κ1) is 28.1. The molecule has 7 rings (SSSR count). The number of allylic oxidation sites excluding steroid dienone is 2. The van der Waals surface area contributed by atoms with Gasteiger partial charge in [0.1, 0.15) is 21.2 Å². The van der Waals surface area contributed by atoms with Crippen LogP contribution in [0.1, 0.15) is 41.4 Å². The Morgan fingerprint density at radius 3 is 2.70 bits per heavy atom. The molecule has 2 aromatic heterocycles. The van der Waals surface area contributed by atoms with Crippen molar-refractivity contribution in [3.05, 3.63) is 82.6 Å². The number of anilines is 3. The normalized spacial score (nSPS) is 18.0. The second kappa shape index (κ2) is 11.4. The summed E-state index contributed by atoms with van der Waals surface area (Å²) in [5.74, 6) is 0.940. The van der Waals surface area contributed by atoms with Crippen LogP contribution < -0.4 is 20.3 Å². The van der Waals surface area contributed by atoms with E-state index >= 15 is 0 Å². The number of nitrogens with one attached hydrogen (secondary N) is 2. The third kappa shape index (κ3) is 4.97. The van der Waals surface area contributed by atoms with Gasteiger partial charge in [-0.25, -0.2) is 9.78 Å². The van der Waals surface area contributed by atoms with Crippen LogP contribution in [0.15, 0.2) is 72.2 Å². The van der Waals surface area contributed by atoms with Gasteiger partial charge in [-0.3, -0.25) is 14.5 Å². The zero-order valence-electron chi connectivity index (χ0n) is 24.4. The Kier molecular flexibility index (Phi) is 7.27. The van der Waals surface area contributed by atoms with E-state index in [1.807, 2.05) is 62.4 Å². The van der Waals surface area contributed by atoms with Crippen molar-refractivity contribution < 1.29 is 23.9 Å². The predicted molar refractivity (Wildman–Crippen MR) is 169 cm³/mol. The Morgan fingerprint density at radius 1 is 1.09 bits per heavy atom. The number of rotatable bonds is 6. The van der Waals surface area contributed by atoms with Crippen LogP contribution in [0.25, 0.3) is 10.2 Å². The molecule has 4 aromatic rings. The van der Waals surface area contributed by atoms with Crippen LogP contribution in [0.5, 0.6) is 11.5 Å². The van der Waals surface area contributed by atoms with Crippen LogP contribution in [0.3, 0.4) is 0 Å². The highest BCUT2D eigenvalue weighted by molar-refractivity contribution is 7.21. The van der Waals surface area contributed by atoms with Crippen LogP contribution in [0.4, 0.5) is 21.9 Å². The van der Waals surface area contributed by atoms with E-state index in [-0.39, 0.29) is 23.8 Å². The van der Waals surface area contributed by atoms with E-state index in [1.165, 1.54) is 11.3 Å². The molecule has 224 valence electrons. The summed E-state index contributed by atoms with van der Waals surface area (Å²) in [7, 11) is 0. The lowest BCUT2D eigenvalue weighted by atomic mass is 10.0. The zero-order valence-corrected chi connectivity index (χ0v) is 25.2. The quantitative estimate of drug-likeness (QED) is 0.252. The molecule has 0 saturated carbocycles. The monoisotopic (exact) mass is 609 g/mol. The number of carbonyl (C=O) groups is 3. The molecule has 44 heavy (non-hydrogen) atoms. The topological polar surface area (TPSA) is 113 Å². The number of hydrogen-bond donors (Lipinski definition) is 2. The summed E-state index contributed by atoms with van der Waals surface area (Å²) in [5, 5.41) is 6.73. The third-order valence-electron chi connectivity index (χ3n) is 8.30. The van der Waals surface area contributed by atoms with Gasteiger partial charge in [0, 0.05) is 30.7 Å².